The van der Waals surface area contributed by atoms with Crippen molar-refractivity contribution >= 4 is 39.8 Å². The summed E-state index contributed by atoms with van der Waals surface area (Å²) in [4.78, 5) is 43.2. The molecule has 46 heavy (non-hydrogen) atoms. The highest BCUT2D eigenvalue weighted by molar-refractivity contribution is 8.13. The lowest BCUT2D eigenvalue weighted by Crippen LogP contribution is -2.38. The normalized spacial score (nSPS) is 11.8. The van der Waals surface area contributed by atoms with Crippen molar-refractivity contribution in [1.29, 1.82) is 0 Å². The molecule has 2 N–H and O–H groups in total. The number of benzene rings is 4. The number of nitrogens with one attached hydrogen (secondary N) is 1. The van der Waals surface area contributed by atoms with E-state index < -0.39 is 5.97 Å². The number of carbonyl (C=O) groups is 3. The quantitative estimate of drug-likeness (QED) is 0.138. The molecule has 0 unspecified atom stereocenters. The van der Waals surface area contributed by atoms with Crippen molar-refractivity contribution < 1.29 is 19.5 Å². The fourth-order valence-electron chi connectivity index (χ4n) is 5.70. The molecule has 8 heteroatoms. The zero-order valence-electron chi connectivity index (χ0n) is 26.5. The van der Waals surface area contributed by atoms with Crippen molar-refractivity contribution in [3.8, 4) is 11.1 Å². The maximum absolute atomic E-state index is 13.7. The van der Waals surface area contributed by atoms with Crippen LogP contribution in [-0.4, -0.2) is 43.4 Å². The number of hydrogen-bond acceptors (Lipinski definition) is 5. The van der Waals surface area contributed by atoms with E-state index in [1.54, 1.807) is 6.07 Å². The van der Waals surface area contributed by atoms with Crippen LogP contribution < -0.4 is 5.32 Å². The van der Waals surface area contributed by atoms with E-state index in [9.17, 15) is 19.5 Å². The van der Waals surface area contributed by atoms with Crippen molar-refractivity contribution in [3.05, 3.63) is 125 Å². The van der Waals surface area contributed by atoms with Gasteiger partial charge in [0.1, 0.15) is 5.82 Å². The van der Waals surface area contributed by atoms with Gasteiger partial charge in [-0.25, -0.2) is 9.78 Å². The van der Waals surface area contributed by atoms with E-state index in [1.807, 2.05) is 98.8 Å². The van der Waals surface area contributed by atoms with Gasteiger partial charge in [-0.1, -0.05) is 98.4 Å². The molecule has 5 aromatic rings. The molecular formula is C38H39N3O4S. The van der Waals surface area contributed by atoms with E-state index >= 15 is 0 Å². The second-order valence-corrected chi connectivity index (χ2v) is 12.6. The van der Waals surface area contributed by atoms with E-state index in [0.29, 0.717) is 36.3 Å². The van der Waals surface area contributed by atoms with Gasteiger partial charge >= 0.3 is 5.97 Å². The summed E-state index contributed by atoms with van der Waals surface area (Å²) in [7, 11) is 0. The van der Waals surface area contributed by atoms with Crippen molar-refractivity contribution in [1.82, 2.24) is 14.9 Å². The molecule has 0 aliphatic rings. The van der Waals surface area contributed by atoms with Gasteiger partial charge < -0.3 is 15.0 Å². The van der Waals surface area contributed by atoms with Crippen LogP contribution in [0.25, 0.3) is 22.2 Å². The molecule has 1 atom stereocenters. The number of rotatable bonds is 13. The van der Waals surface area contributed by atoms with Gasteiger partial charge in [0, 0.05) is 36.7 Å². The van der Waals surface area contributed by atoms with E-state index in [-0.39, 0.29) is 22.6 Å². The first-order chi connectivity index (χ1) is 22.3. The van der Waals surface area contributed by atoms with Crippen molar-refractivity contribution in [3.63, 3.8) is 0 Å². The third-order valence-corrected chi connectivity index (χ3v) is 9.17. The smallest absolute Gasteiger partial charge is 0.336 e. The molecule has 7 nitrogen and oxygen atoms in total. The van der Waals surface area contributed by atoms with Gasteiger partial charge in [-0.2, -0.15) is 0 Å². The van der Waals surface area contributed by atoms with Crippen molar-refractivity contribution in [2.75, 3.05) is 5.75 Å². The van der Waals surface area contributed by atoms with Crippen LogP contribution in [0.15, 0.2) is 91.0 Å². The number of aromatic carboxylic acids is 1. The summed E-state index contributed by atoms with van der Waals surface area (Å²) in [6, 6.07) is 28.5. The number of aromatic nitrogens is 2. The third kappa shape index (κ3) is 7.74. The molecule has 1 heterocycles. The number of amides is 1. The summed E-state index contributed by atoms with van der Waals surface area (Å²) in [5, 5.41) is 13.4. The summed E-state index contributed by atoms with van der Waals surface area (Å²) < 4.78 is 2.10. The molecule has 0 aliphatic heterocycles. The molecule has 0 radical (unpaired) electrons. The first kappa shape index (κ1) is 32.7. The van der Waals surface area contributed by atoms with Gasteiger partial charge in [0.15, 0.2) is 5.12 Å². The average molecular weight is 634 g/mol. The first-order valence-corrected chi connectivity index (χ1v) is 16.7. The molecule has 5 rings (SSSR count). The molecule has 0 fully saturated rings. The number of carboxylic acids is 1. The van der Waals surface area contributed by atoms with Crippen LogP contribution in [0.1, 0.15) is 69.9 Å². The summed E-state index contributed by atoms with van der Waals surface area (Å²) in [6.45, 7) is 6.31. The minimum absolute atomic E-state index is 0.0970. The molecule has 0 saturated carbocycles. The molecule has 236 valence electrons. The average Bonchev–Trinajstić information content (AvgIpc) is 3.41. The summed E-state index contributed by atoms with van der Waals surface area (Å²) in [6.07, 6.45) is 2.69. The molecule has 0 spiro atoms. The predicted molar refractivity (Wildman–Crippen MR) is 186 cm³/mol. The number of aryl methyl sites for hydroxylation is 2. The Morgan fingerprint density at radius 2 is 1.63 bits per heavy atom. The Morgan fingerprint density at radius 1 is 0.913 bits per heavy atom. The maximum atomic E-state index is 13.7. The van der Waals surface area contributed by atoms with Crippen LogP contribution >= 0.6 is 11.8 Å². The highest BCUT2D eigenvalue weighted by Crippen LogP contribution is 2.28. The standard InChI is InChI=1S/C38H39N3O4S/c1-4-12-34-40-36-25(3)19-29(37(43)39-30(24-46-35(42)5-2)20-26-13-8-6-9-14-26)22-33(36)41(34)23-27-17-18-31(32(21-27)38(44)45)28-15-10-7-11-16-28/h6-11,13-19,21-22,30H,4-5,12,20,23-24H2,1-3H3,(H,39,43)(H,44,45)/t30-/m1/s1. The van der Waals surface area contributed by atoms with Gasteiger partial charge in [-0.3, -0.25) is 9.59 Å². The first-order valence-electron chi connectivity index (χ1n) is 15.7. The topological polar surface area (TPSA) is 101 Å². The zero-order chi connectivity index (χ0) is 32.6. The Balaban J connectivity index is 1.48. The van der Waals surface area contributed by atoms with E-state index in [1.165, 1.54) is 11.8 Å². The lowest BCUT2D eigenvalue weighted by molar-refractivity contribution is -0.110. The summed E-state index contributed by atoms with van der Waals surface area (Å²) in [5.74, 6) is 0.181. The van der Waals surface area contributed by atoms with Gasteiger partial charge in [-0.15, -0.1) is 0 Å². The van der Waals surface area contributed by atoms with Crippen LogP contribution in [0, 0.1) is 6.92 Å². The number of nitrogens with zero attached hydrogens (tertiary/aromatic N) is 2. The second kappa shape index (κ2) is 15.1. The van der Waals surface area contributed by atoms with Crippen LogP contribution in [0.2, 0.25) is 0 Å². The van der Waals surface area contributed by atoms with Crippen molar-refractivity contribution in [2.45, 2.75) is 59.0 Å². The van der Waals surface area contributed by atoms with Crippen LogP contribution in [0.3, 0.4) is 0 Å². The van der Waals surface area contributed by atoms with E-state index in [0.717, 1.165) is 52.0 Å². The molecule has 0 aliphatic carbocycles. The molecule has 1 amide bonds. The largest absolute Gasteiger partial charge is 0.478 e. The molecule has 0 saturated heterocycles. The fourth-order valence-corrected chi connectivity index (χ4v) is 6.49. The second-order valence-electron chi connectivity index (χ2n) is 11.5. The predicted octanol–water partition coefficient (Wildman–Crippen LogP) is 7.72. The van der Waals surface area contributed by atoms with Gasteiger partial charge in [0.05, 0.1) is 16.6 Å². The van der Waals surface area contributed by atoms with E-state index in [2.05, 4.69) is 16.8 Å². The van der Waals surface area contributed by atoms with Gasteiger partial charge in [0.2, 0.25) is 0 Å². The molecule has 4 aromatic carbocycles. The van der Waals surface area contributed by atoms with Crippen molar-refractivity contribution in [2.24, 2.45) is 0 Å². The Kier molecular flexibility index (Phi) is 10.7. The lowest BCUT2D eigenvalue weighted by Gasteiger charge is -2.19. The number of carbonyl (C=O) groups excluding carboxylic acids is 2. The number of thioether (sulfide) groups is 1. The summed E-state index contributed by atoms with van der Waals surface area (Å²) >= 11 is 1.25. The number of hydrogen-bond donors (Lipinski definition) is 2. The highest BCUT2D eigenvalue weighted by atomic mass is 32.2. The third-order valence-electron chi connectivity index (χ3n) is 7.99. The zero-order valence-corrected chi connectivity index (χ0v) is 27.3. The lowest BCUT2D eigenvalue weighted by atomic mass is 9.97. The SMILES string of the molecule is CCCc1nc2c(C)cc(C(=O)N[C@@H](CSC(=O)CC)Cc3ccccc3)cc2n1Cc1ccc(-c2ccccc2)c(C(=O)O)c1. The van der Waals surface area contributed by atoms with Crippen LogP contribution in [0.5, 0.6) is 0 Å². The minimum atomic E-state index is -0.983. The Labute approximate surface area is 274 Å². The van der Waals surface area contributed by atoms with Crippen LogP contribution in [0.4, 0.5) is 0 Å². The highest BCUT2D eigenvalue weighted by Gasteiger charge is 2.21. The maximum Gasteiger partial charge on any atom is 0.336 e. The Hall–Kier alpha value is -4.69. The van der Waals surface area contributed by atoms with Gasteiger partial charge in [-0.05, 0) is 65.8 Å². The number of fused-ring (bicyclic) bond motifs is 1. The van der Waals surface area contributed by atoms with Gasteiger partial charge in [0.25, 0.3) is 5.91 Å². The molecule has 0 bridgehead atoms. The molecule has 1 aromatic heterocycles. The monoisotopic (exact) mass is 633 g/mol. The fraction of sp³-hybridized carbons (Fsp3) is 0.263. The summed E-state index contributed by atoms with van der Waals surface area (Å²) in [5.41, 5.74) is 6.74. The minimum Gasteiger partial charge on any atom is -0.478 e. The van der Waals surface area contributed by atoms with E-state index in [4.69, 9.17) is 4.98 Å². The number of carboxylic acid groups (broad SMARTS) is 1. The molecular weight excluding hydrogens is 595 g/mol. The Morgan fingerprint density at radius 3 is 2.30 bits per heavy atom. The Bertz CT molecular complexity index is 1850. The number of imidazole rings is 1. The van der Waals surface area contributed by atoms with Crippen LogP contribution in [-0.2, 0) is 24.2 Å².